The maximum atomic E-state index is 4.76. The van der Waals surface area contributed by atoms with Gasteiger partial charge in [-0.15, -0.1) is 0 Å². The van der Waals surface area contributed by atoms with E-state index in [1.165, 1.54) is 0 Å². The van der Waals surface area contributed by atoms with Gasteiger partial charge in [0.1, 0.15) is 0 Å². The van der Waals surface area contributed by atoms with Gasteiger partial charge in [0.15, 0.2) is 5.88 Å². The summed E-state index contributed by atoms with van der Waals surface area (Å²) < 4.78 is 4.76. The highest BCUT2D eigenvalue weighted by atomic mass is 16.5. The third-order valence-electron chi connectivity index (χ3n) is 0.944. The Kier molecular flexibility index (Phi) is 5.01. The van der Waals surface area contributed by atoms with E-state index >= 15 is 0 Å². The van der Waals surface area contributed by atoms with Gasteiger partial charge < -0.3 is 15.4 Å². The smallest absolute Gasteiger partial charge is 0.178 e. The van der Waals surface area contributed by atoms with Gasteiger partial charge in [-0.1, -0.05) is 0 Å². The van der Waals surface area contributed by atoms with E-state index in [1.807, 2.05) is 7.05 Å². The molecule has 0 aromatic carbocycles. The summed E-state index contributed by atoms with van der Waals surface area (Å²) in [6, 6.07) is 0. The first-order valence-electron chi connectivity index (χ1n) is 2.92. The highest BCUT2D eigenvalue weighted by molar-refractivity contribution is 4.77. The molecule has 0 aliphatic carbocycles. The minimum atomic E-state index is 0.616. The van der Waals surface area contributed by atoms with Crippen LogP contribution in [-0.2, 0) is 4.74 Å². The first kappa shape index (κ1) is 8.30. The van der Waals surface area contributed by atoms with Crippen LogP contribution in [0.3, 0.4) is 0 Å². The van der Waals surface area contributed by atoms with Gasteiger partial charge in [0.2, 0.25) is 0 Å². The largest absolute Gasteiger partial charge is 0.483 e. The lowest BCUT2D eigenvalue weighted by Crippen LogP contribution is -2.24. The summed E-state index contributed by atoms with van der Waals surface area (Å²) in [6.07, 6.45) is 0. The fraction of sp³-hybridized carbons (Fsp3) is 0.667. The van der Waals surface area contributed by atoms with Crippen molar-refractivity contribution in [3.05, 3.63) is 12.5 Å². The average Bonchev–Trinajstić information content (AvgIpc) is 1.89. The van der Waals surface area contributed by atoms with Crippen LogP contribution in [0.25, 0.3) is 0 Å². The third-order valence-corrected chi connectivity index (χ3v) is 0.944. The van der Waals surface area contributed by atoms with Gasteiger partial charge in [0, 0.05) is 13.1 Å². The predicted octanol–water partition coefficient (Wildman–Crippen LogP) is -0.0870. The van der Waals surface area contributed by atoms with Crippen LogP contribution in [0.4, 0.5) is 0 Å². The van der Waals surface area contributed by atoms with Crippen molar-refractivity contribution in [2.45, 2.75) is 0 Å². The number of hydrogen-bond donors (Lipinski definition) is 2. The van der Waals surface area contributed by atoms with E-state index in [4.69, 9.17) is 4.74 Å². The first-order chi connectivity index (χ1) is 4.31. The zero-order chi connectivity index (χ0) is 7.11. The highest BCUT2D eigenvalue weighted by Crippen LogP contribution is 1.79. The van der Waals surface area contributed by atoms with Crippen molar-refractivity contribution in [2.24, 2.45) is 0 Å². The lowest BCUT2D eigenvalue weighted by Gasteiger charge is -2.05. The van der Waals surface area contributed by atoms with Crippen LogP contribution < -0.4 is 10.6 Å². The van der Waals surface area contributed by atoms with Crippen LogP contribution in [0.2, 0.25) is 0 Å². The number of ether oxygens (including phenoxy) is 1. The van der Waals surface area contributed by atoms with Crippen LogP contribution in [-0.4, -0.2) is 27.2 Å². The van der Waals surface area contributed by atoms with E-state index in [0.29, 0.717) is 5.88 Å². The molecule has 3 heteroatoms. The van der Waals surface area contributed by atoms with Gasteiger partial charge in [-0.05, 0) is 13.6 Å². The van der Waals surface area contributed by atoms with E-state index in [9.17, 15) is 0 Å². The lowest BCUT2D eigenvalue weighted by molar-refractivity contribution is 0.264. The maximum Gasteiger partial charge on any atom is 0.178 e. The molecule has 0 aliphatic rings. The van der Waals surface area contributed by atoms with Crippen molar-refractivity contribution in [1.82, 2.24) is 10.6 Å². The van der Waals surface area contributed by atoms with Crippen molar-refractivity contribution < 1.29 is 4.74 Å². The zero-order valence-electron chi connectivity index (χ0n) is 6.03. The van der Waals surface area contributed by atoms with E-state index in [1.54, 1.807) is 7.11 Å². The van der Waals surface area contributed by atoms with Gasteiger partial charge in [-0.2, -0.15) is 0 Å². The van der Waals surface area contributed by atoms with Crippen molar-refractivity contribution in [1.29, 1.82) is 0 Å². The van der Waals surface area contributed by atoms with E-state index in [2.05, 4.69) is 17.2 Å². The van der Waals surface area contributed by atoms with Crippen molar-refractivity contribution in [3.63, 3.8) is 0 Å². The Labute approximate surface area is 56.1 Å². The number of nitrogens with one attached hydrogen (secondary N) is 2. The van der Waals surface area contributed by atoms with Crippen LogP contribution >= 0.6 is 0 Å². The molecule has 0 aliphatic heterocycles. The molecule has 2 N–H and O–H groups in total. The molecule has 9 heavy (non-hydrogen) atoms. The molecule has 0 unspecified atom stereocenters. The molecule has 3 nitrogen and oxygen atoms in total. The Morgan fingerprint density at radius 2 is 2.22 bits per heavy atom. The fourth-order valence-corrected chi connectivity index (χ4v) is 0.399. The van der Waals surface area contributed by atoms with E-state index in [-0.39, 0.29) is 0 Å². The SMILES string of the molecule is C=C(NCCNC)OC. The van der Waals surface area contributed by atoms with Gasteiger partial charge in [0.05, 0.1) is 7.11 Å². The Balaban J connectivity index is 2.97. The Bertz CT molecular complexity index is 83.1. The lowest BCUT2D eigenvalue weighted by atomic mass is 10.6. The Hall–Kier alpha value is -0.700. The maximum absolute atomic E-state index is 4.76. The normalized spacial score (nSPS) is 8.67. The summed E-state index contributed by atoms with van der Waals surface area (Å²) in [4.78, 5) is 0. The molecular formula is C6H14N2O. The van der Waals surface area contributed by atoms with Gasteiger partial charge in [-0.25, -0.2) is 0 Å². The van der Waals surface area contributed by atoms with Crippen LogP contribution in [0.1, 0.15) is 0 Å². The quantitative estimate of drug-likeness (QED) is 0.403. The standard InChI is InChI=1S/C6H14N2O/c1-6(9-3)8-5-4-7-2/h7-8H,1,4-5H2,2-3H3. The van der Waals surface area contributed by atoms with Crippen LogP contribution in [0, 0.1) is 0 Å². The minimum Gasteiger partial charge on any atom is -0.483 e. The zero-order valence-corrected chi connectivity index (χ0v) is 6.03. The predicted molar refractivity (Wildman–Crippen MR) is 38.1 cm³/mol. The molecule has 0 aromatic rings. The monoisotopic (exact) mass is 130 g/mol. The Morgan fingerprint density at radius 3 is 2.67 bits per heavy atom. The summed E-state index contributed by atoms with van der Waals surface area (Å²) >= 11 is 0. The molecule has 0 rings (SSSR count). The molecule has 0 radical (unpaired) electrons. The van der Waals surface area contributed by atoms with E-state index in [0.717, 1.165) is 13.1 Å². The van der Waals surface area contributed by atoms with Gasteiger partial charge >= 0.3 is 0 Å². The summed E-state index contributed by atoms with van der Waals surface area (Å²) in [5.41, 5.74) is 0. The molecule has 0 saturated carbocycles. The molecule has 0 aromatic heterocycles. The van der Waals surface area contributed by atoms with Gasteiger partial charge in [-0.3, -0.25) is 0 Å². The molecule has 0 saturated heterocycles. The van der Waals surface area contributed by atoms with Crippen LogP contribution in [0.5, 0.6) is 0 Å². The molecule has 0 heterocycles. The van der Waals surface area contributed by atoms with Crippen LogP contribution in [0.15, 0.2) is 12.5 Å². The third kappa shape index (κ3) is 5.17. The molecule has 0 bridgehead atoms. The number of likely N-dealkylation sites (N-methyl/N-ethyl adjacent to an activating group) is 1. The first-order valence-corrected chi connectivity index (χ1v) is 2.92. The molecule has 0 fully saturated rings. The summed E-state index contributed by atoms with van der Waals surface area (Å²) in [6.45, 7) is 5.35. The highest BCUT2D eigenvalue weighted by Gasteiger charge is 1.85. The Morgan fingerprint density at radius 1 is 1.56 bits per heavy atom. The second-order valence-electron chi connectivity index (χ2n) is 1.66. The van der Waals surface area contributed by atoms with E-state index < -0.39 is 0 Å². The molecular weight excluding hydrogens is 116 g/mol. The number of rotatable bonds is 5. The molecule has 0 atom stereocenters. The molecule has 54 valence electrons. The van der Waals surface area contributed by atoms with Gasteiger partial charge in [0.25, 0.3) is 0 Å². The topological polar surface area (TPSA) is 33.3 Å². The minimum absolute atomic E-state index is 0.616. The summed E-state index contributed by atoms with van der Waals surface area (Å²) in [7, 11) is 3.49. The van der Waals surface area contributed by atoms with Crippen molar-refractivity contribution in [3.8, 4) is 0 Å². The number of hydrogen-bond acceptors (Lipinski definition) is 3. The number of methoxy groups -OCH3 is 1. The summed E-state index contributed by atoms with van der Waals surface area (Å²) in [5.74, 6) is 0.616. The average molecular weight is 130 g/mol. The molecule has 0 amide bonds. The second kappa shape index (κ2) is 5.44. The van der Waals surface area contributed by atoms with Crippen molar-refractivity contribution in [2.75, 3.05) is 27.2 Å². The summed E-state index contributed by atoms with van der Waals surface area (Å²) in [5, 5.41) is 5.94. The van der Waals surface area contributed by atoms with Crippen molar-refractivity contribution >= 4 is 0 Å². The second-order valence-corrected chi connectivity index (χ2v) is 1.66. The molecule has 0 spiro atoms. The fourth-order valence-electron chi connectivity index (χ4n) is 0.399.